The van der Waals surface area contributed by atoms with E-state index in [1.807, 2.05) is 6.07 Å². The predicted octanol–water partition coefficient (Wildman–Crippen LogP) is 1.74. The molecule has 0 spiro atoms. The highest BCUT2D eigenvalue weighted by Crippen LogP contribution is 2.18. The molecule has 4 heteroatoms. The van der Waals surface area contributed by atoms with Crippen LogP contribution in [-0.2, 0) is 0 Å². The molecule has 0 aromatic carbocycles. The van der Waals surface area contributed by atoms with Crippen LogP contribution < -0.4 is 0 Å². The molecule has 0 saturated carbocycles. The summed E-state index contributed by atoms with van der Waals surface area (Å²) in [5.74, 6) is 0. The molecule has 62 valence electrons. The van der Waals surface area contributed by atoms with Crippen LogP contribution in [0.3, 0.4) is 0 Å². The van der Waals surface area contributed by atoms with Crippen molar-refractivity contribution in [1.29, 1.82) is 0 Å². The number of hydrogen-bond donors (Lipinski definition) is 1. The molecule has 0 aliphatic heterocycles. The number of thiazole rings is 1. The number of aliphatic hydroxyl groups excluding tert-OH is 1. The Kier molecular flexibility index (Phi) is 1.78. The van der Waals surface area contributed by atoms with E-state index >= 15 is 0 Å². The second kappa shape index (κ2) is 2.80. The minimum absolute atomic E-state index is 0.503. The van der Waals surface area contributed by atoms with E-state index in [-0.39, 0.29) is 0 Å². The van der Waals surface area contributed by atoms with Gasteiger partial charge in [0.05, 0.1) is 22.8 Å². The van der Waals surface area contributed by atoms with E-state index < -0.39 is 6.10 Å². The predicted molar refractivity (Wildman–Crippen MR) is 48.0 cm³/mol. The largest absolute Gasteiger partial charge is 0.387 e. The maximum absolute atomic E-state index is 9.24. The van der Waals surface area contributed by atoms with Crippen LogP contribution in [-0.4, -0.2) is 15.1 Å². The van der Waals surface area contributed by atoms with Crippen LogP contribution in [0.4, 0.5) is 0 Å². The number of aromatic nitrogens is 2. The Labute approximate surface area is 73.7 Å². The molecule has 0 radical (unpaired) electrons. The topological polar surface area (TPSA) is 46.0 Å². The lowest BCUT2D eigenvalue weighted by molar-refractivity contribution is 0.195. The van der Waals surface area contributed by atoms with Crippen LogP contribution in [0.1, 0.15) is 18.7 Å². The number of hydrogen-bond acceptors (Lipinski definition) is 4. The fourth-order valence-electron chi connectivity index (χ4n) is 0.998. The van der Waals surface area contributed by atoms with Crippen LogP contribution >= 0.6 is 11.3 Å². The van der Waals surface area contributed by atoms with Gasteiger partial charge in [-0.15, -0.1) is 11.3 Å². The lowest BCUT2D eigenvalue weighted by Crippen LogP contribution is -1.93. The second-order valence-electron chi connectivity index (χ2n) is 2.59. The SMILES string of the molecule is CC(O)c1ccc2ncsc2n1. The van der Waals surface area contributed by atoms with Crippen LogP contribution in [0.15, 0.2) is 17.6 Å². The fourth-order valence-corrected chi connectivity index (χ4v) is 1.66. The zero-order valence-electron chi connectivity index (χ0n) is 6.56. The van der Waals surface area contributed by atoms with Gasteiger partial charge in [-0.1, -0.05) is 0 Å². The maximum atomic E-state index is 9.24. The summed E-state index contributed by atoms with van der Waals surface area (Å²) in [5.41, 5.74) is 3.35. The van der Waals surface area contributed by atoms with Crippen molar-refractivity contribution in [1.82, 2.24) is 9.97 Å². The van der Waals surface area contributed by atoms with Gasteiger partial charge >= 0.3 is 0 Å². The molecule has 2 aromatic rings. The van der Waals surface area contributed by atoms with Gasteiger partial charge < -0.3 is 5.11 Å². The summed E-state index contributed by atoms with van der Waals surface area (Å²) < 4.78 is 0. The molecular weight excluding hydrogens is 172 g/mol. The molecule has 2 aromatic heterocycles. The summed E-state index contributed by atoms with van der Waals surface area (Å²) in [7, 11) is 0. The van der Waals surface area contributed by atoms with Crippen molar-refractivity contribution in [3.63, 3.8) is 0 Å². The van der Waals surface area contributed by atoms with Gasteiger partial charge in [0.15, 0.2) is 0 Å². The Hall–Kier alpha value is -1.00. The number of rotatable bonds is 1. The van der Waals surface area contributed by atoms with Gasteiger partial charge in [0, 0.05) is 0 Å². The molecule has 1 unspecified atom stereocenters. The van der Waals surface area contributed by atoms with Crippen molar-refractivity contribution in [3.8, 4) is 0 Å². The summed E-state index contributed by atoms with van der Waals surface area (Å²) in [6.45, 7) is 1.70. The van der Waals surface area contributed by atoms with Gasteiger partial charge in [0.2, 0.25) is 0 Å². The van der Waals surface area contributed by atoms with Crippen molar-refractivity contribution < 1.29 is 5.11 Å². The Morgan fingerprint density at radius 3 is 3.08 bits per heavy atom. The van der Waals surface area contributed by atoms with Gasteiger partial charge in [0.25, 0.3) is 0 Å². The van der Waals surface area contributed by atoms with E-state index in [4.69, 9.17) is 0 Å². The normalized spacial score (nSPS) is 13.5. The quantitative estimate of drug-likeness (QED) is 0.727. The highest BCUT2D eigenvalue weighted by molar-refractivity contribution is 7.16. The first kappa shape index (κ1) is 7.64. The molecule has 2 heterocycles. The standard InChI is InChI=1S/C8H8N2OS/c1-5(11)6-2-3-7-8(10-6)12-4-9-7/h2-5,11H,1H3. The van der Waals surface area contributed by atoms with E-state index in [0.29, 0.717) is 5.69 Å². The average molecular weight is 180 g/mol. The third kappa shape index (κ3) is 1.19. The highest BCUT2D eigenvalue weighted by Gasteiger charge is 2.04. The summed E-state index contributed by atoms with van der Waals surface area (Å²) in [6.07, 6.45) is -0.503. The molecular formula is C8H8N2OS. The molecule has 2 rings (SSSR count). The summed E-state index contributed by atoms with van der Waals surface area (Å²) in [5, 5.41) is 9.24. The summed E-state index contributed by atoms with van der Waals surface area (Å²) >= 11 is 1.49. The maximum Gasteiger partial charge on any atom is 0.143 e. The molecule has 0 fully saturated rings. The molecule has 0 aliphatic carbocycles. The van der Waals surface area contributed by atoms with Crippen molar-refractivity contribution >= 4 is 21.7 Å². The second-order valence-corrected chi connectivity index (χ2v) is 3.42. The summed E-state index contributed by atoms with van der Waals surface area (Å²) in [4.78, 5) is 9.22. The van der Waals surface area contributed by atoms with Gasteiger partial charge in [-0.3, -0.25) is 0 Å². The highest BCUT2D eigenvalue weighted by atomic mass is 32.1. The minimum atomic E-state index is -0.503. The molecule has 0 amide bonds. The van der Waals surface area contributed by atoms with E-state index in [1.54, 1.807) is 18.5 Å². The van der Waals surface area contributed by atoms with E-state index in [0.717, 1.165) is 10.3 Å². The zero-order chi connectivity index (χ0) is 8.55. The minimum Gasteiger partial charge on any atom is -0.387 e. The van der Waals surface area contributed by atoms with Gasteiger partial charge in [-0.2, -0.15) is 0 Å². The van der Waals surface area contributed by atoms with Crippen LogP contribution in [0.25, 0.3) is 10.3 Å². The Balaban J connectivity index is 2.60. The number of nitrogens with zero attached hydrogens (tertiary/aromatic N) is 2. The molecule has 12 heavy (non-hydrogen) atoms. The van der Waals surface area contributed by atoms with Crippen molar-refractivity contribution in [2.75, 3.05) is 0 Å². The molecule has 0 bridgehead atoms. The molecule has 1 atom stereocenters. The number of aliphatic hydroxyl groups is 1. The van der Waals surface area contributed by atoms with Crippen molar-refractivity contribution in [2.45, 2.75) is 13.0 Å². The first-order chi connectivity index (χ1) is 5.77. The molecule has 3 nitrogen and oxygen atoms in total. The number of fused-ring (bicyclic) bond motifs is 1. The monoisotopic (exact) mass is 180 g/mol. The molecule has 0 aliphatic rings. The van der Waals surface area contributed by atoms with Crippen LogP contribution in [0.5, 0.6) is 0 Å². The van der Waals surface area contributed by atoms with Gasteiger partial charge in [0.1, 0.15) is 4.83 Å². The van der Waals surface area contributed by atoms with Gasteiger partial charge in [-0.05, 0) is 19.1 Å². The van der Waals surface area contributed by atoms with Crippen LogP contribution in [0, 0.1) is 0 Å². The average Bonchev–Trinajstić information content (AvgIpc) is 2.49. The van der Waals surface area contributed by atoms with Gasteiger partial charge in [-0.25, -0.2) is 9.97 Å². The fraction of sp³-hybridized carbons (Fsp3) is 0.250. The number of pyridine rings is 1. The first-order valence-electron chi connectivity index (χ1n) is 3.65. The Morgan fingerprint density at radius 2 is 2.33 bits per heavy atom. The van der Waals surface area contributed by atoms with Crippen molar-refractivity contribution in [2.24, 2.45) is 0 Å². The lowest BCUT2D eigenvalue weighted by atomic mass is 10.2. The van der Waals surface area contributed by atoms with E-state index in [1.165, 1.54) is 11.3 Å². The Bertz CT molecular complexity index is 397. The smallest absolute Gasteiger partial charge is 0.143 e. The van der Waals surface area contributed by atoms with E-state index in [9.17, 15) is 5.11 Å². The van der Waals surface area contributed by atoms with E-state index in [2.05, 4.69) is 9.97 Å². The third-order valence-electron chi connectivity index (χ3n) is 1.65. The van der Waals surface area contributed by atoms with Crippen molar-refractivity contribution in [3.05, 3.63) is 23.3 Å². The van der Waals surface area contributed by atoms with Crippen LogP contribution in [0.2, 0.25) is 0 Å². The lowest BCUT2D eigenvalue weighted by Gasteiger charge is -2.01. The molecule has 1 N–H and O–H groups in total. The zero-order valence-corrected chi connectivity index (χ0v) is 7.38. The summed E-state index contributed by atoms with van der Waals surface area (Å²) in [6, 6.07) is 3.67. The first-order valence-corrected chi connectivity index (χ1v) is 4.53. The molecule has 0 saturated heterocycles. The Morgan fingerprint density at radius 1 is 1.50 bits per heavy atom. The third-order valence-corrected chi connectivity index (χ3v) is 2.38.